The van der Waals surface area contributed by atoms with Crippen molar-refractivity contribution in [1.82, 2.24) is 25.1 Å². The molecule has 3 aliphatic rings. The second-order valence-electron chi connectivity index (χ2n) is 13.3. The molecule has 0 spiro atoms. The van der Waals surface area contributed by atoms with Crippen LogP contribution in [0.25, 0.3) is 32.0 Å². The molecule has 5 aromatic heterocycles. The summed E-state index contributed by atoms with van der Waals surface area (Å²) in [6, 6.07) is 8.21. The number of anilines is 1. The number of ether oxygens (including phenoxy) is 2. The average molecular weight is 687 g/mol. The minimum absolute atomic E-state index is 0.00750. The average Bonchev–Trinajstić information content (AvgIpc) is 3.89. The van der Waals surface area contributed by atoms with E-state index in [4.69, 9.17) is 23.9 Å². The van der Waals surface area contributed by atoms with E-state index in [9.17, 15) is 8.42 Å². The minimum atomic E-state index is -3.69. The van der Waals surface area contributed by atoms with Crippen LogP contribution in [-0.2, 0) is 27.4 Å². The number of nitrogens with one attached hydrogen (secondary N) is 1. The predicted molar refractivity (Wildman–Crippen MR) is 183 cm³/mol. The molecule has 0 radical (unpaired) electrons. The van der Waals surface area contributed by atoms with Gasteiger partial charge in [-0.3, -0.25) is 9.97 Å². The Balaban J connectivity index is 1.32. The largest absolute Gasteiger partial charge is 0.452 e. The number of fused-ring (bicyclic) bond motifs is 3. The van der Waals surface area contributed by atoms with Gasteiger partial charge in [0, 0.05) is 47.7 Å². The van der Waals surface area contributed by atoms with Crippen molar-refractivity contribution < 1.29 is 22.3 Å². The van der Waals surface area contributed by atoms with Crippen molar-refractivity contribution in [2.24, 2.45) is 11.8 Å². The second kappa shape index (κ2) is 12.5. The van der Waals surface area contributed by atoms with Crippen molar-refractivity contribution in [2.75, 3.05) is 31.4 Å². The van der Waals surface area contributed by atoms with E-state index in [0.717, 1.165) is 77.5 Å². The van der Waals surface area contributed by atoms with Gasteiger partial charge in [-0.1, -0.05) is 25.0 Å². The maximum absolute atomic E-state index is 14.2. The molecule has 2 atom stereocenters. The fraction of sp³-hybridized carbons (Fsp3) is 0.457. The molecule has 2 aliphatic heterocycles. The van der Waals surface area contributed by atoms with Gasteiger partial charge < -0.3 is 19.2 Å². The molecule has 0 bridgehead atoms. The summed E-state index contributed by atoms with van der Waals surface area (Å²) in [6.45, 7) is 5.64. The van der Waals surface area contributed by atoms with Crippen LogP contribution in [0.4, 0.5) is 5.82 Å². The summed E-state index contributed by atoms with van der Waals surface area (Å²) in [5, 5.41) is 13.1. The van der Waals surface area contributed by atoms with Crippen molar-refractivity contribution in [2.45, 2.75) is 69.2 Å². The number of thiophene rings is 1. The van der Waals surface area contributed by atoms with Crippen LogP contribution in [0.3, 0.4) is 0 Å². The highest BCUT2D eigenvalue weighted by Gasteiger charge is 2.43. The third-order valence-corrected chi connectivity index (χ3v) is 13.0. The molecule has 0 saturated carbocycles. The lowest BCUT2D eigenvalue weighted by molar-refractivity contribution is 0.0639. The topological polar surface area (TPSA) is 142 Å². The van der Waals surface area contributed by atoms with E-state index in [1.165, 1.54) is 24.0 Å². The van der Waals surface area contributed by atoms with Gasteiger partial charge in [-0.2, -0.15) is 0 Å². The number of hydrogen-bond donors (Lipinski definition) is 1. The SMILES string of the molecule is COc1nnc(-c2c(CCC3CCOCC3)nc3c(c2-c2cc4ccnc(N[C@H]5CCc6ncccc65)c4s2)S(=O)(=O)C[C@@H]3C(C)C)o1. The predicted octanol–water partition coefficient (Wildman–Crippen LogP) is 6.80. The van der Waals surface area contributed by atoms with Gasteiger partial charge in [0.05, 0.1) is 45.5 Å². The summed E-state index contributed by atoms with van der Waals surface area (Å²) >= 11 is 1.52. The summed E-state index contributed by atoms with van der Waals surface area (Å²) in [5.41, 5.74) is 4.86. The number of hydrogen-bond acceptors (Lipinski definition) is 12. The molecule has 1 aliphatic carbocycles. The molecular weight excluding hydrogens is 649 g/mol. The lowest BCUT2D eigenvalue weighted by Gasteiger charge is -2.23. The first-order valence-corrected chi connectivity index (χ1v) is 19.1. The first-order chi connectivity index (χ1) is 23.3. The summed E-state index contributed by atoms with van der Waals surface area (Å²) in [6.07, 6.45) is 9.00. The minimum Gasteiger partial charge on any atom is -0.452 e. The van der Waals surface area contributed by atoms with Crippen LogP contribution >= 0.6 is 11.3 Å². The van der Waals surface area contributed by atoms with Gasteiger partial charge in [0.1, 0.15) is 5.82 Å². The van der Waals surface area contributed by atoms with E-state index in [0.29, 0.717) is 29.2 Å². The molecule has 1 fully saturated rings. The zero-order valence-corrected chi connectivity index (χ0v) is 28.9. The van der Waals surface area contributed by atoms with E-state index < -0.39 is 9.84 Å². The highest BCUT2D eigenvalue weighted by atomic mass is 32.2. The van der Waals surface area contributed by atoms with Crippen LogP contribution in [-0.4, -0.2) is 59.6 Å². The summed E-state index contributed by atoms with van der Waals surface area (Å²) < 4.78 is 46.2. The Labute approximate surface area is 283 Å². The lowest BCUT2D eigenvalue weighted by Crippen LogP contribution is -2.17. The van der Waals surface area contributed by atoms with Gasteiger partial charge in [0.25, 0.3) is 5.89 Å². The summed E-state index contributed by atoms with van der Waals surface area (Å²) in [4.78, 5) is 15.6. The molecular formula is C35H38N6O5S2. The number of methoxy groups -OCH3 is 1. The molecule has 0 unspecified atom stereocenters. The molecule has 11 nitrogen and oxygen atoms in total. The molecule has 8 rings (SSSR count). The molecule has 1 saturated heterocycles. The molecule has 0 amide bonds. The van der Waals surface area contributed by atoms with Gasteiger partial charge >= 0.3 is 6.08 Å². The van der Waals surface area contributed by atoms with Gasteiger partial charge in [0.2, 0.25) is 0 Å². The first-order valence-electron chi connectivity index (χ1n) is 16.6. The molecule has 13 heteroatoms. The molecule has 0 aromatic carbocycles. The molecule has 7 heterocycles. The Morgan fingerprint density at radius 1 is 1.08 bits per heavy atom. The van der Waals surface area contributed by atoms with Crippen LogP contribution in [0.15, 0.2) is 46.0 Å². The number of pyridine rings is 3. The third-order valence-electron chi connectivity index (χ3n) is 10.0. The summed E-state index contributed by atoms with van der Waals surface area (Å²) in [5.74, 6) is 1.34. The summed E-state index contributed by atoms with van der Waals surface area (Å²) in [7, 11) is -2.22. The quantitative estimate of drug-likeness (QED) is 0.175. The Kier molecular flexibility index (Phi) is 8.16. The standard InChI is InChI=1S/C35H38N6O5S2/c1-19(2)23-18-48(42,43)32-29(27-17-21-10-14-37-33(31(21)47-27)39-25-9-8-24-22(25)5-4-13-36-24)28(34-40-41-35(44-3)46-34)26(38-30(23)32)7-6-20-11-15-45-16-12-20/h4-5,10,13-14,17,19-20,23,25H,6-9,11-12,15-16,18H2,1-3H3,(H,37,39)/t23-,25+/m1/s1. The zero-order valence-electron chi connectivity index (χ0n) is 27.2. The molecule has 48 heavy (non-hydrogen) atoms. The van der Waals surface area contributed by atoms with Crippen molar-refractivity contribution in [1.29, 1.82) is 0 Å². The van der Waals surface area contributed by atoms with E-state index >= 15 is 0 Å². The van der Waals surface area contributed by atoms with Crippen LogP contribution in [0, 0.1) is 11.8 Å². The van der Waals surface area contributed by atoms with Crippen molar-refractivity contribution in [3.05, 3.63) is 59.3 Å². The van der Waals surface area contributed by atoms with Gasteiger partial charge in [-0.05, 0) is 79.5 Å². The van der Waals surface area contributed by atoms with Crippen molar-refractivity contribution in [3.8, 4) is 28.0 Å². The first kappa shape index (κ1) is 31.3. The van der Waals surface area contributed by atoms with Gasteiger partial charge in [-0.25, -0.2) is 13.4 Å². The van der Waals surface area contributed by atoms with E-state index in [1.54, 1.807) is 6.20 Å². The second-order valence-corrected chi connectivity index (χ2v) is 16.3. The van der Waals surface area contributed by atoms with Crippen LogP contribution in [0.1, 0.15) is 74.1 Å². The highest BCUT2D eigenvalue weighted by Crippen LogP contribution is 2.51. The van der Waals surface area contributed by atoms with Crippen molar-refractivity contribution >= 4 is 37.1 Å². The molecule has 250 valence electrons. The maximum Gasteiger partial charge on any atom is 0.414 e. The lowest BCUT2D eigenvalue weighted by atomic mass is 9.89. The third kappa shape index (κ3) is 5.55. The van der Waals surface area contributed by atoms with E-state index in [1.807, 2.05) is 18.3 Å². The van der Waals surface area contributed by atoms with Crippen LogP contribution in [0.2, 0.25) is 0 Å². The number of nitrogens with zero attached hydrogens (tertiary/aromatic N) is 5. The Morgan fingerprint density at radius 3 is 2.73 bits per heavy atom. The van der Waals surface area contributed by atoms with Gasteiger partial charge in [-0.15, -0.1) is 16.4 Å². The van der Waals surface area contributed by atoms with Crippen LogP contribution < -0.4 is 10.1 Å². The smallest absolute Gasteiger partial charge is 0.414 e. The van der Waals surface area contributed by atoms with E-state index in [2.05, 4.69) is 46.5 Å². The number of aryl methyl sites for hydroxylation is 2. The van der Waals surface area contributed by atoms with Gasteiger partial charge in [0.15, 0.2) is 9.84 Å². The number of rotatable bonds is 9. The Bertz CT molecular complexity index is 2100. The van der Waals surface area contributed by atoms with Crippen molar-refractivity contribution in [3.63, 3.8) is 0 Å². The van der Waals surface area contributed by atoms with Crippen LogP contribution in [0.5, 0.6) is 6.08 Å². The monoisotopic (exact) mass is 686 g/mol. The normalized spacial score (nSPS) is 20.3. The maximum atomic E-state index is 14.2. The van der Waals surface area contributed by atoms with E-state index in [-0.39, 0.29) is 40.5 Å². The highest BCUT2D eigenvalue weighted by molar-refractivity contribution is 7.92. The fourth-order valence-electron chi connectivity index (χ4n) is 7.45. The fourth-order valence-corrected chi connectivity index (χ4v) is 10.9. The Hall–Kier alpha value is -3.94. The number of aromatic nitrogens is 5. The zero-order chi connectivity index (χ0) is 33.0. The molecule has 5 aromatic rings. The number of sulfone groups is 1. The Morgan fingerprint density at radius 2 is 1.94 bits per heavy atom. The molecule has 1 N–H and O–H groups in total.